The third kappa shape index (κ3) is 4.65. The van der Waals surface area contributed by atoms with Gasteiger partial charge in [0.1, 0.15) is 11.1 Å². The maximum Gasteiger partial charge on any atom is 0.276 e. The fourth-order valence-corrected chi connectivity index (χ4v) is 5.99. The largest absolute Gasteiger partial charge is 0.364 e. The molecule has 1 amide bonds. The van der Waals surface area contributed by atoms with Crippen LogP contribution in [0, 0.1) is 17.2 Å². The lowest BCUT2D eigenvalue weighted by atomic mass is 10.0. The van der Waals surface area contributed by atoms with Crippen molar-refractivity contribution in [2.75, 3.05) is 13.1 Å². The second-order valence-electron chi connectivity index (χ2n) is 8.76. The quantitative estimate of drug-likeness (QED) is 0.300. The number of imidazole rings is 1. The van der Waals surface area contributed by atoms with Crippen LogP contribution >= 0.6 is 23.4 Å². The summed E-state index contributed by atoms with van der Waals surface area (Å²) >= 11 is 8.34. The van der Waals surface area contributed by atoms with Crippen molar-refractivity contribution < 1.29 is 4.79 Å². The molecular formula is C25H27ClN5OS+. The monoisotopic (exact) mass is 480 g/mol. The molecule has 1 fully saturated rings. The molecule has 1 saturated heterocycles. The Morgan fingerprint density at radius 1 is 1.30 bits per heavy atom. The van der Waals surface area contributed by atoms with Gasteiger partial charge in [-0.15, -0.1) is 0 Å². The fourth-order valence-electron chi connectivity index (χ4n) is 4.82. The molecule has 6 nitrogen and oxygen atoms in total. The average molecular weight is 481 g/mol. The number of benzene rings is 2. The second-order valence-corrected chi connectivity index (χ2v) is 10.1. The Hall–Kier alpha value is -2.79. The molecule has 0 radical (unpaired) electrons. The van der Waals surface area contributed by atoms with Crippen LogP contribution in [-0.4, -0.2) is 34.6 Å². The second kappa shape index (κ2) is 9.60. The van der Waals surface area contributed by atoms with E-state index >= 15 is 0 Å². The summed E-state index contributed by atoms with van der Waals surface area (Å²) in [5.74, 6) is 0.717. The van der Waals surface area contributed by atoms with Gasteiger partial charge in [-0.1, -0.05) is 60.6 Å². The minimum Gasteiger partial charge on any atom is -0.364 e. The first-order valence-corrected chi connectivity index (χ1v) is 12.2. The molecule has 1 aliphatic heterocycles. The number of carbonyl (C=O) groups excluding carboxylic acids is 1. The van der Waals surface area contributed by atoms with E-state index in [-0.39, 0.29) is 22.9 Å². The fraction of sp³-hybridized carbons (Fsp3) is 0.320. The van der Waals surface area contributed by atoms with Crippen molar-refractivity contribution in [2.24, 2.45) is 18.7 Å². The first-order chi connectivity index (χ1) is 15.8. The van der Waals surface area contributed by atoms with E-state index in [0.717, 1.165) is 27.7 Å². The summed E-state index contributed by atoms with van der Waals surface area (Å²) in [6.45, 7) is 2.91. The van der Waals surface area contributed by atoms with Crippen molar-refractivity contribution in [3.63, 3.8) is 0 Å². The number of amides is 1. The number of halogens is 1. The summed E-state index contributed by atoms with van der Waals surface area (Å²) in [6, 6.07) is 16.1. The molecule has 2 N–H and O–H groups in total. The number of quaternary nitrogens is 1. The van der Waals surface area contributed by atoms with Crippen molar-refractivity contribution in [1.82, 2.24) is 14.0 Å². The van der Waals surface area contributed by atoms with Gasteiger partial charge in [-0.05, 0) is 22.8 Å². The summed E-state index contributed by atoms with van der Waals surface area (Å²) < 4.78 is 2.20. The Labute approximate surface area is 203 Å². The highest BCUT2D eigenvalue weighted by atomic mass is 35.5. The SMILES string of the molecule is C[C@H]1C[C@@H](C(N)=O)[N+](CC#N)(c2cc(-c3ccc(CSc4nccn4C)cc3)ccc2Cl)C1. The summed E-state index contributed by atoms with van der Waals surface area (Å²) in [5, 5.41) is 11.2. The van der Waals surface area contributed by atoms with E-state index in [1.807, 2.05) is 36.0 Å². The van der Waals surface area contributed by atoms with Crippen molar-refractivity contribution in [3.8, 4) is 17.2 Å². The maximum absolute atomic E-state index is 12.3. The van der Waals surface area contributed by atoms with Gasteiger partial charge in [-0.25, -0.2) is 4.98 Å². The number of hydrogen-bond donors (Lipinski definition) is 1. The number of aromatic nitrogens is 2. The van der Waals surface area contributed by atoms with Crippen LogP contribution in [0.1, 0.15) is 18.9 Å². The average Bonchev–Trinajstić information content (AvgIpc) is 3.36. The van der Waals surface area contributed by atoms with Crippen LogP contribution in [0.15, 0.2) is 60.0 Å². The van der Waals surface area contributed by atoms with Crippen LogP contribution in [0.3, 0.4) is 0 Å². The molecule has 8 heteroatoms. The predicted octanol–water partition coefficient (Wildman–Crippen LogP) is 4.76. The summed E-state index contributed by atoms with van der Waals surface area (Å²) in [4.78, 5) is 16.7. The minimum atomic E-state index is -0.460. The minimum absolute atomic E-state index is 0.157. The van der Waals surface area contributed by atoms with Crippen LogP contribution in [-0.2, 0) is 17.6 Å². The molecule has 0 aliphatic carbocycles. The highest BCUT2D eigenvalue weighted by Crippen LogP contribution is 2.43. The van der Waals surface area contributed by atoms with Crippen LogP contribution in [0.2, 0.25) is 5.02 Å². The molecule has 0 spiro atoms. The van der Waals surface area contributed by atoms with Gasteiger partial charge in [-0.3, -0.25) is 9.28 Å². The lowest BCUT2D eigenvalue weighted by Gasteiger charge is -2.37. The van der Waals surface area contributed by atoms with E-state index in [1.54, 1.807) is 18.0 Å². The van der Waals surface area contributed by atoms with Gasteiger partial charge < -0.3 is 10.3 Å². The number of carbonyl (C=O) groups is 1. The highest BCUT2D eigenvalue weighted by molar-refractivity contribution is 7.98. The van der Waals surface area contributed by atoms with Gasteiger partial charge in [-0.2, -0.15) is 5.26 Å². The van der Waals surface area contributed by atoms with E-state index in [0.29, 0.717) is 18.0 Å². The van der Waals surface area contributed by atoms with Crippen molar-refractivity contribution in [1.29, 1.82) is 5.26 Å². The Morgan fingerprint density at radius 2 is 2.03 bits per heavy atom. The lowest BCUT2D eigenvalue weighted by molar-refractivity contribution is -0.121. The molecule has 3 atom stereocenters. The molecule has 1 aliphatic rings. The molecule has 170 valence electrons. The Kier molecular flexibility index (Phi) is 6.80. The van der Waals surface area contributed by atoms with Gasteiger partial charge in [0.15, 0.2) is 23.4 Å². The zero-order valence-electron chi connectivity index (χ0n) is 18.7. The zero-order valence-corrected chi connectivity index (χ0v) is 20.3. The molecule has 0 bridgehead atoms. The topological polar surface area (TPSA) is 84.7 Å². The number of likely N-dealkylation sites (tertiary alicyclic amines) is 1. The van der Waals surface area contributed by atoms with E-state index in [4.69, 9.17) is 17.3 Å². The highest BCUT2D eigenvalue weighted by Gasteiger charge is 2.51. The lowest BCUT2D eigenvalue weighted by Crippen LogP contribution is -2.58. The van der Waals surface area contributed by atoms with Crippen LogP contribution < -0.4 is 10.2 Å². The van der Waals surface area contributed by atoms with Gasteiger partial charge in [0, 0.05) is 43.6 Å². The van der Waals surface area contributed by atoms with Crippen LogP contribution in [0.25, 0.3) is 11.1 Å². The third-order valence-corrected chi connectivity index (χ3v) is 7.85. The summed E-state index contributed by atoms with van der Waals surface area (Å²) in [6.07, 6.45) is 4.39. The number of nitrogens with zero attached hydrogens (tertiary/aromatic N) is 4. The standard InChI is InChI=1S/C25H26ClN5OS/c1-17-13-23(24(28)32)31(15-17,12-9-27)22-14-20(7-8-21(22)26)19-5-3-18(4-6-19)16-33-25-29-10-11-30(25)2/h3-8,10-11,14,17,23H,12-13,15-16H2,1-2H3,(H-,28,32)/p+1/t17-,23-,31?/m0/s1. The number of thioether (sulfide) groups is 1. The Balaban J connectivity index is 1.63. The van der Waals surface area contributed by atoms with E-state index in [9.17, 15) is 10.1 Å². The molecule has 1 aromatic heterocycles. The number of rotatable bonds is 7. The number of nitrogens with two attached hydrogens (primary N) is 1. The van der Waals surface area contributed by atoms with Crippen molar-refractivity contribution in [3.05, 3.63) is 65.4 Å². The predicted molar refractivity (Wildman–Crippen MR) is 134 cm³/mol. The van der Waals surface area contributed by atoms with Crippen molar-refractivity contribution >= 4 is 35.0 Å². The number of nitriles is 1. The Bertz CT molecular complexity index is 1200. The summed E-state index contributed by atoms with van der Waals surface area (Å²) in [7, 11) is 1.99. The molecule has 0 saturated carbocycles. The number of primary amides is 1. The van der Waals surface area contributed by atoms with Gasteiger partial charge in [0.05, 0.1) is 6.54 Å². The molecule has 33 heavy (non-hydrogen) atoms. The van der Waals surface area contributed by atoms with Crippen LogP contribution in [0.5, 0.6) is 0 Å². The molecule has 4 rings (SSSR count). The van der Waals surface area contributed by atoms with Crippen molar-refractivity contribution in [2.45, 2.75) is 30.3 Å². The molecule has 1 unspecified atom stereocenters. The third-order valence-electron chi connectivity index (χ3n) is 6.40. The van der Waals surface area contributed by atoms with Gasteiger partial charge in [0.25, 0.3) is 5.91 Å². The Morgan fingerprint density at radius 3 is 2.67 bits per heavy atom. The molecule has 3 aromatic rings. The number of aryl methyl sites for hydroxylation is 1. The summed E-state index contributed by atoms with van der Waals surface area (Å²) in [5.41, 5.74) is 9.82. The normalized spacial score (nSPS) is 22.2. The van der Waals surface area contributed by atoms with Crippen LogP contribution in [0.4, 0.5) is 5.69 Å². The molecule has 2 heterocycles. The first kappa shape index (κ1) is 23.4. The number of hydrogen-bond acceptors (Lipinski definition) is 4. The zero-order chi connectivity index (χ0) is 23.6. The first-order valence-electron chi connectivity index (χ1n) is 10.9. The van der Waals surface area contributed by atoms with E-state index in [2.05, 4.69) is 42.2 Å². The van der Waals surface area contributed by atoms with E-state index in [1.165, 1.54) is 5.56 Å². The molecular weight excluding hydrogens is 454 g/mol. The smallest absolute Gasteiger partial charge is 0.276 e. The maximum atomic E-state index is 12.3. The van der Waals surface area contributed by atoms with E-state index < -0.39 is 6.04 Å². The van der Waals surface area contributed by atoms with Gasteiger partial charge >= 0.3 is 0 Å². The molecule has 2 aromatic carbocycles. The van der Waals surface area contributed by atoms with Gasteiger partial charge in [0.2, 0.25) is 0 Å².